The van der Waals surface area contributed by atoms with E-state index in [4.69, 9.17) is 4.74 Å². The Balaban J connectivity index is 2.11. The first-order chi connectivity index (χ1) is 9.49. The van der Waals surface area contributed by atoms with Crippen LogP contribution in [0, 0.1) is 18.7 Å². The summed E-state index contributed by atoms with van der Waals surface area (Å²) in [5.41, 5.74) is -0.560. The van der Waals surface area contributed by atoms with E-state index in [1.807, 2.05) is 6.92 Å². The third-order valence-corrected chi connectivity index (χ3v) is 3.74. The van der Waals surface area contributed by atoms with Crippen molar-refractivity contribution in [1.29, 1.82) is 0 Å². The molecule has 0 saturated heterocycles. The van der Waals surface area contributed by atoms with Crippen LogP contribution in [-0.4, -0.2) is 29.8 Å². The Labute approximate surface area is 117 Å². The predicted molar refractivity (Wildman–Crippen MR) is 73.4 cm³/mol. The molecule has 1 aromatic carbocycles. The van der Waals surface area contributed by atoms with Gasteiger partial charge in [0.25, 0.3) is 0 Å². The van der Waals surface area contributed by atoms with E-state index in [9.17, 15) is 14.3 Å². The Bertz CT molecular complexity index is 502. The average molecular weight is 281 g/mol. The molecular weight excluding hydrogens is 261 g/mol. The third kappa shape index (κ3) is 2.93. The van der Waals surface area contributed by atoms with Gasteiger partial charge in [-0.05, 0) is 56.0 Å². The number of hydrogen-bond acceptors (Lipinski definition) is 3. The second-order valence-electron chi connectivity index (χ2n) is 5.28. The summed E-state index contributed by atoms with van der Waals surface area (Å²) >= 11 is 0. The third-order valence-electron chi connectivity index (χ3n) is 3.74. The van der Waals surface area contributed by atoms with Crippen LogP contribution in [0.2, 0.25) is 0 Å². The second kappa shape index (κ2) is 5.79. The first-order valence-corrected chi connectivity index (χ1v) is 6.87. The van der Waals surface area contributed by atoms with Gasteiger partial charge in [0.15, 0.2) is 5.54 Å². The van der Waals surface area contributed by atoms with Gasteiger partial charge in [0.05, 0.1) is 0 Å². The van der Waals surface area contributed by atoms with Crippen LogP contribution in [0.15, 0.2) is 18.2 Å². The molecule has 0 heterocycles. The lowest BCUT2D eigenvalue weighted by Gasteiger charge is -2.30. The highest BCUT2D eigenvalue weighted by atomic mass is 19.1. The second-order valence-corrected chi connectivity index (χ2v) is 5.28. The van der Waals surface area contributed by atoms with Crippen molar-refractivity contribution in [3.63, 3.8) is 0 Å². The number of carboxylic acid groups (broad SMARTS) is 1. The van der Waals surface area contributed by atoms with Gasteiger partial charge in [-0.1, -0.05) is 6.92 Å². The van der Waals surface area contributed by atoms with Gasteiger partial charge in [0, 0.05) is 0 Å². The lowest BCUT2D eigenvalue weighted by atomic mass is 9.94. The van der Waals surface area contributed by atoms with Gasteiger partial charge in [0.1, 0.15) is 18.2 Å². The van der Waals surface area contributed by atoms with Crippen molar-refractivity contribution in [1.82, 2.24) is 5.32 Å². The first kappa shape index (κ1) is 14.8. The Morgan fingerprint density at radius 2 is 2.25 bits per heavy atom. The maximum atomic E-state index is 13.2. The van der Waals surface area contributed by atoms with Gasteiger partial charge in [-0.2, -0.15) is 0 Å². The van der Waals surface area contributed by atoms with Gasteiger partial charge < -0.3 is 9.84 Å². The highest BCUT2D eigenvalue weighted by Gasteiger charge is 2.51. The Morgan fingerprint density at radius 3 is 2.75 bits per heavy atom. The van der Waals surface area contributed by atoms with Crippen molar-refractivity contribution < 1.29 is 19.0 Å². The molecule has 4 nitrogen and oxygen atoms in total. The van der Waals surface area contributed by atoms with Crippen molar-refractivity contribution in [2.24, 2.45) is 5.92 Å². The minimum absolute atomic E-state index is 0.0475. The fourth-order valence-electron chi connectivity index (χ4n) is 2.42. The SMILES string of the molecule is CCNC(COc1ccc(F)c(C)c1)(C(=O)O)C1CC1. The predicted octanol–water partition coefficient (Wildman–Crippen LogP) is 2.36. The van der Waals surface area contributed by atoms with E-state index in [-0.39, 0.29) is 18.3 Å². The van der Waals surface area contributed by atoms with Crippen molar-refractivity contribution >= 4 is 5.97 Å². The molecule has 1 fully saturated rings. The highest BCUT2D eigenvalue weighted by molar-refractivity contribution is 5.80. The van der Waals surface area contributed by atoms with Gasteiger partial charge in [-0.25, -0.2) is 4.39 Å². The summed E-state index contributed by atoms with van der Waals surface area (Å²) in [6.45, 7) is 4.14. The summed E-state index contributed by atoms with van der Waals surface area (Å²) in [5.74, 6) is -0.592. The Morgan fingerprint density at radius 1 is 1.55 bits per heavy atom. The van der Waals surface area contributed by atoms with Crippen LogP contribution >= 0.6 is 0 Å². The number of nitrogens with one attached hydrogen (secondary N) is 1. The highest BCUT2D eigenvalue weighted by Crippen LogP contribution is 2.40. The molecule has 1 aromatic rings. The van der Waals surface area contributed by atoms with Crippen LogP contribution in [-0.2, 0) is 4.79 Å². The van der Waals surface area contributed by atoms with E-state index in [0.29, 0.717) is 17.9 Å². The number of carboxylic acids is 1. The minimum Gasteiger partial charge on any atom is -0.491 e. The number of aliphatic carboxylic acids is 1. The zero-order valence-electron chi connectivity index (χ0n) is 11.8. The Kier molecular flexibility index (Phi) is 4.28. The smallest absolute Gasteiger partial charge is 0.327 e. The molecule has 0 amide bonds. The molecule has 110 valence electrons. The zero-order valence-corrected chi connectivity index (χ0v) is 11.8. The number of hydrogen-bond donors (Lipinski definition) is 2. The van der Waals surface area contributed by atoms with E-state index >= 15 is 0 Å². The minimum atomic E-state index is -1.04. The summed E-state index contributed by atoms with van der Waals surface area (Å²) in [7, 11) is 0. The quantitative estimate of drug-likeness (QED) is 0.805. The summed E-state index contributed by atoms with van der Waals surface area (Å²) < 4.78 is 18.8. The van der Waals surface area contributed by atoms with Crippen LogP contribution in [0.5, 0.6) is 5.75 Å². The average Bonchev–Trinajstić information content (AvgIpc) is 3.23. The number of likely N-dealkylation sites (N-methyl/N-ethyl adjacent to an activating group) is 1. The van der Waals surface area contributed by atoms with Gasteiger partial charge in [0.2, 0.25) is 0 Å². The van der Waals surface area contributed by atoms with Gasteiger partial charge >= 0.3 is 5.97 Å². The molecule has 2 N–H and O–H groups in total. The number of ether oxygens (including phenoxy) is 1. The largest absolute Gasteiger partial charge is 0.491 e. The van der Waals surface area contributed by atoms with E-state index in [1.165, 1.54) is 12.1 Å². The fraction of sp³-hybridized carbons (Fsp3) is 0.533. The summed E-state index contributed by atoms with van der Waals surface area (Å²) in [6.07, 6.45) is 1.79. The molecular formula is C15H20FNO3. The first-order valence-electron chi connectivity index (χ1n) is 6.87. The lowest BCUT2D eigenvalue weighted by molar-refractivity contribution is -0.147. The number of carbonyl (C=O) groups is 1. The zero-order chi connectivity index (χ0) is 14.8. The van der Waals surface area contributed by atoms with Crippen molar-refractivity contribution in [2.45, 2.75) is 32.2 Å². The molecule has 0 bridgehead atoms. The molecule has 1 saturated carbocycles. The Hall–Kier alpha value is -1.62. The molecule has 1 aliphatic carbocycles. The van der Waals surface area contributed by atoms with Gasteiger partial charge in [-0.15, -0.1) is 0 Å². The van der Waals surface area contributed by atoms with E-state index < -0.39 is 11.5 Å². The number of benzene rings is 1. The number of aryl methyl sites for hydroxylation is 1. The number of halogens is 1. The molecule has 0 radical (unpaired) electrons. The standard InChI is InChI=1S/C15H20FNO3/c1-3-17-15(14(18)19,11-4-5-11)9-20-12-6-7-13(16)10(2)8-12/h6-8,11,17H,3-5,9H2,1-2H3,(H,18,19). The van der Waals surface area contributed by atoms with E-state index in [2.05, 4.69) is 5.32 Å². The maximum absolute atomic E-state index is 13.2. The summed E-state index contributed by atoms with van der Waals surface area (Å²) in [4.78, 5) is 11.6. The monoisotopic (exact) mass is 281 g/mol. The topological polar surface area (TPSA) is 58.6 Å². The summed E-state index contributed by atoms with van der Waals surface area (Å²) in [5, 5.41) is 12.6. The molecule has 2 rings (SSSR count). The van der Waals surface area contributed by atoms with Crippen LogP contribution in [0.4, 0.5) is 4.39 Å². The van der Waals surface area contributed by atoms with Crippen LogP contribution in [0.3, 0.4) is 0 Å². The fourth-order valence-corrected chi connectivity index (χ4v) is 2.42. The normalized spacial score (nSPS) is 17.6. The molecule has 20 heavy (non-hydrogen) atoms. The van der Waals surface area contributed by atoms with Crippen LogP contribution < -0.4 is 10.1 Å². The van der Waals surface area contributed by atoms with E-state index in [1.54, 1.807) is 13.0 Å². The van der Waals surface area contributed by atoms with Crippen molar-refractivity contribution in [3.8, 4) is 5.75 Å². The van der Waals surface area contributed by atoms with Crippen molar-refractivity contribution in [3.05, 3.63) is 29.6 Å². The molecule has 0 aliphatic heterocycles. The summed E-state index contributed by atoms with van der Waals surface area (Å²) in [6, 6.07) is 4.44. The molecule has 0 spiro atoms. The van der Waals surface area contributed by atoms with Crippen LogP contribution in [0.25, 0.3) is 0 Å². The molecule has 5 heteroatoms. The molecule has 1 aliphatic rings. The molecule has 1 atom stereocenters. The molecule has 1 unspecified atom stereocenters. The van der Waals surface area contributed by atoms with Crippen molar-refractivity contribution in [2.75, 3.05) is 13.2 Å². The number of rotatable bonds is 7. The van der Waals surface area contributed by atoms with Gasteiger partial charge in [-0.3, -0.25) is 10.1 Å². The maximum Gasteiger partial charge on any atom is 0.327 e. The van der Waals surface area contributed by atoms with E-state index in [0.717, 1.165) is 12.8 Å². The molecule has 0 aromatic heterocycles. The van der Waals surface area contributed by atoms with Crippen LogP contribution in [0.1, 0.15) is 25.3 Å². The lowest BCUT2D eigenvalue weighted by Crippen LogP contribution is -2.58.